The summed E-state index contributed by atoms with van der Waals surface area (Å²) in [5, 5.41) is 24.7. The lowest BCUT2D eigenvalue weighted by atomic mass is 10.2. The molecule has 0 atom stereocenters. The van der Waals surface area contributed by atoms with Crippen LogP contribution in [0.25, 0.3) is 21.9 Å². The monoisotopic (exact) mass is 330 g/mol. The average Bonchev–Trinajstić information content (AvgIpc) is 3.15. The zero-order valence-electron chi connectivity index (χ0n) is 13.2. The number of hydrogen-bond donors (Lipinski definition) is 4. The average molecular weight is 330 g/mol. The van der Waals surface area contributed by atoms with Crippen molar-refractivity contribution in [1.29, 1.82) is 5.26 Å². The van der Waals surface area contributed by atoms with Crippen LogP contribution in [0.4, 0.5) is 17.5 Å². The molecule has 25 heavy (non-hydrogen) atoms. The SMILES string of the molecule is N#Cc1c[nH]c2nc(Nc3ccc4cn[nH]c4c3)nc(NC3CC3)c12. The molecule has 1 aliphatic rings. The first-order valence-electron chi connectivity index (χ1n) is 8.06. The largest absolute Gasteiger partial charge is 0.367 e. The highest BCUT2D eigenvalue weighted by Crippen LogP contribution is 2.31. The van der Waals surface area contributed by atoms with E-state index in [0.717, 1.165) is 34.8 Å². The molecule has 8 nitrogen and oxygen atoms in total. The predicted octanol–water partition coefficient (Wildman–Crippen LogP) is 3.02. The third kappa shape index (κ3) is 2.42. The second-order valence-corrected chi connectivity index (χ2v) is 6.15. The van der Waals surface area contributed by atoms with Gasteiger partial charge in [-0.3, -0.25) is 5.10 Å². The fraction of sp³-hybridized carbons (Fsp3) is 0.176. The molecule has 0 aliphatic heterocycles. The van der Waals surface area contributed by atoms with Gasteiger partial charge >= 0.3 is 0 Å². The smallest absolute Gasteiger partial charge is 0.231 e. The molecule has 122 valence electrons. The Kier molecular flexibility index (Phi) is 2.87. The lowest BCUT2D eigenvalue weighted by Crippen LogP contribution is -2.07. The van der Waals surface area contributed by atoms with Crippen LogP contribution in [0.15, 0.2) is 30.6 Å². The number of nitriles is 1. The van der Waals surface area contributed by atoms with Crippen molar-refractivity contribution in [3.63, 3.8) is 0 Å². The molecule has 3 heterocycles. The molecule has 3 aromatic heterocycles. The number of H-pyrrole nitrogens is 2. The van der Waals surface area contributed by atoms with Crippen LogP contribution in [0.2, 0.25) is 0 Å². The van der Waals surface area contributed by atoms with E-state index in [1.807, 2.05) is 18.2 Å². The van der Waals surface area contributed by atoms with E-state index in [1.165, 1.54) is 0 Å². The zero-order valence-corrected chi connectivity index (χ0v) is 13.2. The van der Waals surface area contributed by atoms with Crippen molar-refractivity contribution in [3.05, 3.63) is 36.2 Å². The van der Waals surface area contributed by atoms with E-state index in [9.17, 15) is 5.26 Å². The number of anilines is 3. The lowest BCUT2D eigenvalue weighted by molar-refractivity contribution is 1.10. The van der Waals surface area contributed by atoms with Crippen molar-refractivity contribution in [2.24, 2.45) is 0 Å². The summed E-state index contributed by atoms with van der Waals surface area (Å²) >= 11 is 0. The molecular formula is C17H14N8. The molecule has 0 amide bonds. The van der Waals surface area contributed by atoms with Crippen LogP contribution in [0.1, 0.15) is 18.4 Å². The highest BCUT2D eigenvalue weighted by atomic mass is 15.2. The quantitative estimate of drug-likeness (QED) is 0.457. The molecule has 1 aromatic carbocycles. The van der Waals surface area contributed by atoms with Gasteiger partial charge in [0.05, 0.1) is 22.7 Å². The number of aromatic amines is 2. The fourth-order valence-electron chi connectivity index (χ4n) is 2.85. The molecule has 4 aromatic rings. The van der Waals surface area contributed by atoms with E-state index in [1.54, 1.807) is 12.4 Å². The first-order valence-corrected chi connectivity index (χ1v) is 8.06. The number of fused-ring (bicyclic) bond motifs is 2. The van der Waals surface area contributed by atoms with Crippen LogP contribution in [0, 0.1) is 11.3 Å². The Labute approximate surface area is 142 Å². The molecule has 0 spiro atoms. The number of rotatable bonds is 4. The van der Waals surface area contributed by atoms with Gasteiger partial charge in [0.1, 0.15) is 17.5 Å². The lowest BCUT2D eigenvalue weighted by Gasteiger charge is -2.10. The topological polar surface area (TPSA) is 118 Å². The summed E-state index contributed by atoms with van der Waals surface area (Å²) in [4.78, 5) is 12.2. The first-order chi connectivity index (χ1) is 12.3. The van der Waals surface area contributed by atoms with Crippen molar-refractivity contribution in [2.45, 2.75) is 18.9 Å². The molecular weight excluding hydrogens is 316 g/mol. The summed E-state index contributed by atoms with van der Waals surface area (Å²) in [6.45, 7) is 0. The molecule has 0 unspecified atom stereocenters. The minimum atomic E-state index is 0.425. The zero-order chi connectivity index (χ0) is 16.8. The minimum absolute atomic E-state index is 0.425. The molecule has 0 saturated heterocycles. The van der Waals surface area contributed by atoms with Gasteiger partial charge in [-0.15, -0.1) is 0 Å². The molecule has 0 radical (unpaired) electrons. The van der Waals surface area contributed by atoms with Gasteiger partial charge in [-0.05, 0) is 31.0 Å². The van der Waals surface area contributed by atoms with Crippen LogP contribution in [-0.4, -0.2) is 31.2 Å². The molecule has 8 heteroatoms. The van der Waals surface area contributed by atoms with Crippen LogP contribution in [0.3, 0.4) is 0 Å². The maximum Gasteiger partial charge on any atom is 0.231 e. The Morgan fingerprint density at radius 1 is 1.24 bits per heavy atom. The van der Waals surface area contributed by atoms with Crippen LogP contribution in [-0.2, 0) is 0 Å². The second-order valence-electron chi connectivity index (χ2n) is 6.15. The Bertz CT molecular complexity index is 1130. The van der Waals surface area contributed by atoms with E-state index < -0.39 is 0 Å². The standard InChI is InChI=1S/C17H14N8/c18-6-10-7-19-15-14(10)16(21-11-3-4-11)24-17(23-15)22-12-2-1-9-8-20-25-13(9)5-12/h1-2,5,7-8,11H,3-4H2,(H,20,25)(H3,19,21,22,23,24). The third-order valence-corrected chi connectivity index (χ3v) is 4.27. The second kappa shape index (κ2) is 5.21. The highest BCUT2D eigenvalue weighted by Gasteiger charge is 2.24. The summed E-state index contributed by atoms with van der Waals surface area (Å²) in [5.74, 6) is 1.16. The summed E-state index contributed by atoms with van der Waals surface area (Å²) in [7, 11) is 0. The molecule has 1 saturated carbocycles. The molecule has 4 N–H and O–H groups in total. The molecule has 1 aliphatic carbocycles. The van der Waals surface area contributed by atoms with Crippen molar-refractivity contribution >= 4 is 39.4 Å². The van der Waals surface area contributed by atoms with Crippen molar-refractivity contribution in [1.82, 2.24) is 25.1 Å². The van der Waals surface area contributed by atoms with Crippen LogP contribution >= 0.6 is 0 Å². The van der Waals surface area contributed by atoms with Crippen LogP contribution in [0.5, 0.6) is 0 Å². The Morgan fingerprint density at radius 2 is 2.16 bits per heavy atom. The third-order valence-electron chi connectivity index (χ3n) is 4.27. The summed E-state index contributed by atoms with van der Waals surface area (Å²) in [5.41, 5.74) is 2.98. The Morgan fingerprint density at radius 3 is 3.00 bits per heavy atom. The number of benzene rings is 1. The predicted molar refractivity (Wildman–Crippen MR) is 94.6 cm³/mol. The minimum Gasteiger partial charge on any atom is -0.367 e. The maximum atomic E-state index is 9.31. The van der Waals surface area contributed by atoms with E-state index in [0.29, 0.717) is 29.0 Å². The number of nitrogens with zero attached hydrogens (tertiary/aromatic N) is 4. The first kappa shape index (κ1) is 13.8. The maximum absolute atomic E-state index is 9.31. The van der Waals surface area contributed by atoms with Gasteiger partial charge in [-0.2, -0.15) is 20.3 Å². The summed E-state index contributed by atoms with van der Waals surface area (Å²) in [6.07, 6.45) is 5.69. The molecule has 5 rings (SSSR count). The highest BCUT2D eigenvalue weighted by molar-refractivity contribution is 5.94. The number of hydrogen-bond acceptors (Lipinski definition) is 6. The van der Waals surface area contributed by atoms with Gasteiger partial charge in [-0.25, -0.2) is 0 Å². The Hall–Kier alpha value is -3.60. The van der Waals surface area contributed by atoms with Crippen molar-refractivity contribution < 1.29 is 0 Å². The normalized spacial score (nSPS) is 13.9. The fourth-order valence-corrected chi connectivity index (χ4v) is 2.85. The van der Waals surface area contributed by atoms with Gasteiger partial charge in [0.2, 0.25) is 5.95 Å². The Balaban J connectivity index is 1.57. The molecule has 0 bridgehead atoms. The van der Waals surface area contributed by atoms with E-state index >= 15 is 0 Å². The van der Waals surface area contributed by atoms with Crippen LogP contribution < -0.4 is 10.6 Å². The van der Waals surface area contributed by atoms with Gasteiger partial charge < -0.3 is 15.6 Å². The van der Waals surface area contributed by atoms with Gasteiger partial charge in [0.25, 0.3) is 0 Å². The van der Waals surface area contributed by atoms with E-state index in [2.05, 4.69) is 41.9 Å². The van der Waals surface area contributed by atoms with Gasteiger partial charge in [0, 0.05) is 23.3 Å². The van der Waals surface area contributed by atoms with E-state index in [-0.39, 0.29) is 0 Å². The van der Waals surface area contributed by atoms with Gasteiger partial charge in [-0.1, -0.05) is 0 Å². The van der Waals surface area contributed by atoms with Gasteiger partial charge in [0.15, 0.2) is 0 Å². The number of aromatic nitrogens is 5. The summed E-state index contributed by atoms with van der Waals surface area (Å²) < 4.78 is 0. The van der Waals surface area contributed by atoms with Crippen molar-refractivity contribution in [3.8, 4) is 6.07 Å². The summed E-state index contributed by atoms with van der Waals surface area (Å²) in [6, 6.07) is 8.50. The molecule has 1 fully saturated rings. The van der Waals surface area contributed by atoms with Crippen molar-refractivity contribution in [2.75, 3.05) is 10.6 Å². The number of nitrogens with one attached hydrogen (secondary N) is 4. The van der Waals surface area contributed by atoms with E-state index in [4.69, 9.17) is 0 Å².